The normalized spacial score (nSPS) is 19.6. The molecule has 0 spiro atoms. The zero-order valence-electron chi connectivity index (χ0n) is 18.6. The lowest BCUT2D eigenvalue weighted by atomic mass is 9.88. The van der Waals surface area contributed by atoms with Crippen LogP contribution in [0.4, 0.5) is 11.4 Å². The van der Waals surface area contributed by atoms with Gasteiger partial charge in [-0.15, -0.1) is 0 Å². The Kier molecular flexibility index (Phi) is 7.10. The first-order valence-corrected chi connectivity index (χ1v) is 10.4. The van der Waals surface area contributed by atoms with E-state index in [-0.39, 0.29) is 21.6 Å². The summed E-state index contributed by atoms with van der Waals surface area (Å²) in [4.78, 5) is 13.8. The number of likely N-dealkylation sites (tertiary alicyclic amines) is 1. The van der Waals surface area contributed by atoms with Crippen LogP contribution in [0.2, 0.25) is 0 Å². The number of hydrogen-bond donors (Lipinski definition) is 2. The van der Waals surface area contributed by atoms with Crippen molar-refractivity contribution in [3.63, 3.8) is 0 Å². The predicted molar refractivity (Wildman–Crippen MR) is 117 cm³/mol. The zero-order chi connectivity index (χ0) is 21.1. The summed E-state index contributed by atoms with van der Waals surface area (Å²) in [6, 6.07) is 6.26. The monoisotopic (exact) mass is 390 g/mol. The summed E-state index contributed by atoms with van der Waals surface area (Å²) in [5, 5.41) is 18.5. The molecule has 2 N–H and O–H groups in total. The van der Waals surface area contributed by atoms with Gasteiger partial charge in [0.25, 0.3) is 5.69 Å². The molecule has 6 heteroatoms. The quantitative estimate of drug-likeness (QED) is 0.517. The van der Waals surface area contributed by atoms with E-state index in [1.165, 1.54) is 6.42 Å². The first-order valence-electron chi connectivity index (χ1n) is 10.4. The van der Waals surface area contributed by atoms with Gasteiger partial charge in [-0.3, -0.25) is 15.0 Å². The molecule has 1 aliphatic heterocycles. The third-order valence-corrected chi connectivity index (χ3v) is 5.94. The third kappa shape index (κ3) is 5.92. The van der Waals surface area contributed by atoms with Gasteiger partial charge in [0, 0.05) is 36.8 Å². The van der Waals surface area contributed by atoms with Gasteiger partial charge in [-0.05, 0) is 64.1 Å². The largest absolute Gasteiger partial charge is 0.378 e. The zero-order valence-corrected chi connectivity index (χ0v) is 18.6. The molecule has 0 aromatic heterocycles. The average Bonchev–Trinajstić information content (AvgIpc) is 3.06. The fourth-order valence-electron chi connectivity index (χ4n) is 3.72. The fourth-order valence-corrected chi connectivity index (χ4v) is 3.72. The standard InChI is InChI=1S/C22H38N4O2/c1-16(21(2,3)4)23-14-17-10-11-19(20(13-17)26(27)28)24-15-18-9-8-12-25(18)22(5,6)7/h10-11,13,16,18,23-24H,8-9,12,14-15H2,1-7H3/t16-,18?/m0/s1. The van der Waals surface area contributed by atoms with Gasteiger partial charge in [0.15, 0.2) is 0 Å². The number of nitrogens with zero attached hydrogens (tertiary/aromatic N) is 2. The third-order valence-electron chi connectivity index (χ3n) is 5.94. The number of hydrogen-bond acceptors (Lipinski definition) is 5. The van der Waals surface area contributed by atoms with Gasteiger partial charge in [-0.2, -0.15) is 0 Å². The molecule has 0 amide bonds. The van der Waals surface area contributed by atoms with Crippen molar-refractivity contribution in [2.24, 2.45) is 5.41 Å². The van der Waals surface area contributed by atoms with Gasteiger partial charge in [0.05, 0.1) is 4.92 Å². The summed E-state index contributed by atoms with van der Waals surface area (Å²) >= 11 is 0. The molecular weight excluding hydrogens is 352 g/mol. The SMILES string of the molecule is C[C@H](NCc1ccc(NCC2CCCN2C(C)(C)C)c([N+](=O)[O-])c1)C(C)(C)C. The van der Waals surface area contributed by atoms with E-state index in [4.69, 9.17) is 0 Å². The summed E-state index contributed by atoms with van der Waals surface area (Å²) in [6.07, 6.45) is 2.31. The average molecular weight is 391 g/mol. The molecule has 1 aliphatic rings. The smallest absolute Gasteiger partial charge is 0.292 e. The second-order valence-corrected chi connectivity index (χ2v) is 10.1. The van der Waals surface area contributed by atoms with Crippen molar-refractivity contribution < 1.29 is 4.92 Å². The van der Waals surface area contributed by atoms with Crippen molar-refractivity contribution in [2.75, 3.05) is 18.4 Å². The van der Waals surface area contributed by atoms with Crippen LogP contribution in [-0.2, 0) is 6.54 Å². The van der Waals surface area contributed by atoms with Crippen LogP contribution in [-0.4, -0.2) is 40.5 Å². The molecule has 0 bridgehead atoms. The van der Waals surface area contributed by atoms with E-state index in [9.17, 15) is 10.1 Å². The highest BCUT2D eigenvalue weighted by molar-refractivity contribution is 5.62. The Balaban J connectivity index is 2.06. The number of nitrogens with one attached hydrogen (secondary N) is 2. The topological polar surface area (TPSA) is 70.4 Å². The maximum absolute atomic E-state index is 11.6. The molecule has 1 fully saturated rings. The molecule has 28 heavy (non-hydrogen) atoms. The molecule has 6 nitrogen and oxygen atoms in total. The predicted octanol–water partition coefficient (Wildman–Crippen LogP) is 4.79. The van der Waals surface area contributed by atoms with Crippen LogP contribution in [0.25, 0.3) is 0 Å². The van der Waals surface area contributed by atoms with Crippen molar-refractivity contribution in [3.05, 3.63) is 33.9 Å². The maximum atomic E-state index is 11.6. The molecule has 1 unspecified atom stereocenters. The number of benzene rings is 1. The Morgan fingerprint density at radius 2 is 1.93 bits per heavy atom. The van der Waals surface area contributed by atoms with Crippen LogP contribution < -0.4 is 10.6 Å². The summed E-state index contributed by atoms with van der Waals surface area (Å²) in [5.74, 6) is 0. The van der Waals surface area contributed by atoms with Crippen LogP contribution in [0, 0.1) is 15.5 Å². The van der Waals surface area contributed by atoms with E-state index in [1.54, 1.807) is 6.07 Å². The molecule has 1 aromatic carbocycles. The van der Waals surface area contributed by atoms with Crippen LogP contribution in [0.1, 0.15) is 66.9 Å². The summed E-state index contributed by atoms with van der Waals surface area (Å²) in [7, 11) is 0. The van der Waals surface area contributed by atoms with E-state index in [2.05, 4.69) is 64.0 Å². The number of rotatable bonds is 7. The van der Waals surface area contributed by atoms with Gasteiger partial charge < -0.3 is 10.6 Å². The van der Waals surface area contributed by atoms with Gasteiger partial charge in [-0.25, -0.2) is 0 Å². The first-order chi connectivity index (χ1) is 12.9. The number of anilines is 1. The minimum Gasteiger partial charge on any atom is -0.378 e. The van der Waals surface area contributed by atoms with E-state index in [0.717, 1.165) is 25.1 Å². The Morgan fingerprint density at radius 1 is 1.25 bits per heavy atom. The lowest BCUT2D eigenvalue weighted by Gasteiger charge is -2.37. The van der Waals surface area contributed by atoms with Crippen molar-refractivity contribution in [3.8, 4) is 0 Å². The highest BCUT2D eigenvalue weighted by Gasteiger charge is 2.32. The lowest BCUT2D eigenvalue weighted by molar-refractivity contribution is -0.384. The molecule has 2 atom stereocenters. The Labute approximate surface area is 170 Å². The van der Waals surface area contributed by atoms with E-state index in [1.807, 2.05) is 12.1 Å². The maximum Gasteiger partial charge on any atom is 0.292 e. The molecular formula is C22H38N4O2. The van der Waals surface area contributed by atoms with Gasteiger partial charge >= 0.3 is 0 Å². The molecule has 2 rings (SSSR count). The second kappa shape index (κ2) is 8.78. The summed E-state index contributed by atoms with van der Waals surface area (Å²) in [5.41, 5.74) is 1.97. The fraction of sp³-hybridized carbons (Fsp3) is 0.727. The van der Waals surface area contributed by atoms with E-state index >= 15 is 0 Å². The van der Waals surface area contributed by atoms with Crippen molar-refractivity contribution in [1.82, 2.24) is 10.2 Å². The molecule has 1 heterocycles. The Bertz CT molecular complexity index is 676. The Hall–Kier alpha value is -1.66. The minimum atomic E-state index is -0.283. The van der Waals surface area contributed by atoms with Crippen molar-refractivity contribution >= 4 is 11.4 Å². The molecule has 0 saturated carbocycles. The van der Waals surface area contributed by atoms with Crippen LogP contribution >= 0.6 is 0 Å². The molecule has 158 valence electrons. The van der Waals surface area contributed by atoms with Gasteiger partial charge in [0.1, 0.15) is 5.69 Å². The molecule has 1 aromatic rings. The molecule has 0 radical (unpaired) electrons. The minimum absolute atomic E-state index is 0.119. The van der Waals surface area contributed by atoms with Crippen molar-refractivity contribution in [1.29, 1.82) is 0 Å². The number of nitro groups is 1. The lowest BCUT2D eigenvalue weighted by Crippen LogP contribution is -2.47. The van der Waals surface area contributed by atoms with Crippen LogP contribution in [0.3, 0.4) is 0 Å². The first kappa shape index (κ1) is 22.6. The highest BCUT2D eigenvalue weighted by Crippen LogP contribution is 2.29. The highest BCUT2D eigenvalue weighted by atomic mass is 16.6. The van der Waals surface area contributed by atoms with Crippen molar-refractivity contribution in [2.45, 2.75) is 85.5 Å². The second-order valence-electron chi connectivity index (χ2n) is 10.1. The molecule has 0 aliphatic carbocycles. The van der Waals surface area contributed by atoms with Gasteiger partial charge in [-0.1, -0.05) is 26.8 Å². The van der Waals surface area contributed by atoms with E-state index < -0.39 is 0 Å². The van der Waals surface area contributed by atoms with Crippen LogP contribution in [0.15, 0.2) is 18.2 Å². The Morgan fingerprint density at radius 3 is 2.50 bits per heavy atom. The number of nitro benzene ring substituents is 1. The molecule has 1 saturated heterocycles. The van der Waals surface area contributed by atoms with Crippen LogP contribution in [0.5, 0.6) is 0 Å². The summed E-state index contributed by atoms with van der Waals surface area (Å²) in [6.45, 7) is 17.8. The van der Waals surface area contributed by atoms with E-state index in [0.29, 0.717) is 24.3 Å². The van der Waals surface area contributed by atoms with Gasteiger partial charge in [0.2, 0.25) is 0 Å². The summed E-state index contributed by atoms with van der Waals surface area (Å²) < 4.78 is 0.